The van der Waals surface area contributed by atoms with Crippen molar-refractivity contribution in [3.63, 3.8) is 0 Å². The normalized spacial score (nSPS) is 19.6. The maximum absolute atomic E-state index is 12.6. The number of amides is 1. The summed E-state index contributed by atoms with van der Waals surface area (Å²) in [5, 5.41) is 7.25. The fraction of sp³-hybridized carbons (Fsp3) is 0.409. The first-order valence-corrected chi connectivity index (χ1v) is 9.86. The van der Waals surface area contributed by atoms with E-state index in [4.69, 9.17) is 0 Å². The Bertz CT molecular complexity index is 956. The molecular formula is C22H26N4O2. The van der Waals surface area contributed by atoms with Crippen LogP contribution in [0.2, 0.25) is 0 Å². The van der Waals surface area contributed by atoms with Gasteiger partial charge in [0.25, 0.3) is 5.56 Å². The molecule has 1 N–H and O–H groups in total. The first kappa shape index (κ1) is 18.5. The third-order valence-electron chi connectivity index (χ3n) is 5.91. The van der Waals surface area contributed by atoms with Gasteiger partial charge in [0.2, 0.25) is 5.91 Å². The van der Waals surface area contributed by atoms with Crippen LogP contribution in [-0.2, 0) is 11.8 Å². The molecule has 1 amide bonds. The molecule has 4 rings (SSSR count). The zero-order chi connectivity index (χ0) is 19.7. The van der Waals surface area contributed by atoms with Crippen molar-refractivity contribution in [1.29, 1.82) is 0 Å². The van der Waals surface area contributed by atoms with Gasteiger partial charge in [-0.05, 0) is 36.8 Å². The second kappa shape index (κ2) is 7.62. The summed E-state index contributed by atoms with van der Waals surface area (Å²) in [5.74, 6) is 0.530. The van der Waals surface area contributed by atoms with Crippen molar-refractivity contribution < 1.29 is 4.79 Å². The van der Waals surface area contributed by atoms with Crippen LogP contribution in [0.5, 0.6) is 0 Å². The lowest BCUT2D eigenvalue weighted by Gasteiger charge is -2.33. The average molecular weight is 378 g/mol. The molecule has 1 aromatic heterocycles. The van der Waals surface area contributed by atoms with Crippen LogP contribution in [0.1, 0.15) is 25.3 Å². The smallest absolute Gasteiger partial charge is 0.268 e. The number of rotatable bonds is 5. The molecule has 1 aromatic carbocycles. The zero-order valence-electron chi connectivity index (χ0n) is 16.4. The van der Waals surface area contributed by atoms with Crippen molar-refractivity contribution >= 4 is 17.2 Å². The first-order chi connectivity index (χ1) is 13.5. The van der Waals surface area contributed by atoms with Gasteiger partial charge in [-0.1, -0.05) is 35.9 Å². The number of hydrogen-bond donors (Lipinski definition) is 1. The number of nitrogens with zero attached hydrogens (tertiary/aromatic N) is 3. The number of anilines is 1. The highest BCUT2D eigenvalue weighted by molar-refractivity contribution is 6.05. The topological polar surface area (TPSA) is 67.2 Å². The second-order valence-corrected chi connectivity index (χ2v) is 7.75. The summed E-state index contributed by atoms with van der Waals surface area (Å²) in [4.78, 5) is 26.6. The van der Waals surface area contributed by atoms with Gasteiger partial charge in [-0.3, -0.25) is 9.59 Å². The summed E-state index contributed by atoms with van der Waals surface area (Å²) in [5.41, 5.74) is 4.29. The summed E-state index contributed by atoms with van der Waals surface area (Å²) in [7, 11) is 1.65. The summed E-state index contributed by atoms with van der Waals surface area (Å²) in [6.45, 7) is 4.52. The Morgan fingerprint density at radius 2 is 1.93 bits per heavy atom. The summed E-state index contributed by atoms with van der Waals surface area (Å²) >= 11 is 0. The number of hydrogen-bond acceptors (Lipinski definition) is 4. The van der Waals surface area contributed by atoms with Crippen molar-refractivity contribution in [2.75, 3.05) is 24.5 Å². The van der Waals surface area contributed by atoms with E-state index in [1.165, 1.54) is 15.8 Å². The lowest BCUT2D eigenvalue weighted by Crippen LogP contribution is -2.39. The van der Waals surface area contributed by atoms with Crippen LogP contribution in [0, 0.1) is 11.8 Å². The molecule has 0 bridgehead atoms. The molecule has 6 nitrogen and oxygen atoms in total. The maximum Gasteiger partial charge on any atom is 0.268 e. The fourth-order valence-corrected chi connectivity index (χ4v) is 4.05. The quantitative estimate of drug-likeness (QED) is 0.866. The number of carbonyl (C=O) groups excluding carboxylic acids is 1. The molecule has 2 aromatic rings. The third-order valence-corrected chi connectivity index (χ3v) is 5.91. The standard InChI is InChI=1S/C22H26N4O2/c1-15-20(17-6-4-3-5-7-17)21(15)22(28)23-13-16-8-10-26(11-9-16)18-12-19(27)25(2)24-14-18/h3-7,12,14,16,21H,8-11,13H2,1-2H3,(H,23,28)/t21-/m1/s1. The van der Waals surface area contributed by atoms with E-state index in [9.17, 15) is 9.59 Å². The molecule has 0 unspecified atom stereocenters. The van der Waals surface area contributed by atoms with Gasteiger partial charge in [0.1, 0.15) is 0 Å². The van der Waals surface area contributed by atoms with Gasteiger partial charge in [0.15, 0.2) is 0 Å². The number of aromatic nitrogens is 2. The molecule has 146 valence electrons. The van der Waals surface area contributed by atoms with Crippen molar-refractivity contribution in [2.45, 2.75) is 19.8 Å². The van der Waals surface area contributed by atoms with Gasteiger partial charge >= 0.3 is 0 Å². The van der Waals surface area contributed by atoms with Crippen molar-refractivity contribution in [3.05, 3.63) is 64.1 Å². The molecular weight excluding hydrogens is 352 g/mol. The van der Waals surface area contributed by atoms with E-state index in [2.05, 4.69) is 27.4 Å². The first-order valence-electron chi connectivity index (χ1n) is 9.86. The minimum Gasteiger partial charge on any atom is -0.370 e. The van der Waals surface area contributed by atoms with E-state index < -0.39 is 0 Å². The summed E-state index contributed by atoms with van der Waals surface area (Å²) in [6.07, 6.45) is 3.74. The van der Waals surface area contributed by atoms with Crippen LogP contribution >= 0.6 is 0 Å². The van der Waals surface area contributed by atoms with Gasteiger partial charge in [0.05, 0.1) is 17.8 Å². The van der Waals surface area contributed by atoms with Crippen LogP contribution in [0.25, 0.3) is 5.57 Å². The van der Waals surface area contributed by atoms with E-state index in [0.717, 1.165) is 37.2 Å². The van der Waals surface area contributed by atoms with Gasteiger partial charge in [-0.25, -0.2) is 4.68 Å². The Hall–Kier alpha value is -2.89. The molecule has 0 saturated carbocycles. The highest BCUT2D eigenvalue weighted by Crippen LogP contribution is 2.46. The van der Waals surface area contributed by atoms with E-state index in [1.54, 1.807) is 19.3 Å². The Balaban J connectivity index is 1.25. The highest BCUT2D eigenvalue weighted by Gasteiger charge is 2.39. The fourth-order valence-electron chi connectivity index (χ4n) is 4.05. The van der Waals surface area contributed by atoms with Gasteiger partial charge in [-0.2, -0.15) is 5.10 Å². The number of aryl methyl sites for hydroxylation is 1. The molecule has 1 fully saturated rings. The number of piperidine rings is 1. The molecule has 2 heterocycles. The molecule has 6 heteroatoms. The van der Waals surface area contributed by atoms with Gasteiger partial charge in [-0.15, -0.1) is 0 Å². The van der Waals surface area contributed by atoms with Crippen molar-refractivity contribution in [1.82, 2.24) is 15.1 Å². The van der Waals surface area contributed by atoms with Gasteiger partial charge < -0.3 is 10.2 Å². The number of carbonyl (C=O) groups is 1. The van der Waals surface area contributed by atoms with Crippen LogP contribution in [0.15, 0.2) is 53.0 Å². The monoisotopic (exact) mass is 378 g/mol. The molecule has 2 aliphatic rings. The molecule has 0 radical (unpaired) electrons. The highest BCUT2D eigenvalue weighted by atomic mass is 16.2. The Labute approximate surface area is 164 Å². The lowest BCUT2D eigenvalue weighted by molar-refractivity contribution is -0.121. The van der Waals surface area contributed by atoms with E-state index in [-0.39, 0.29) is 17.4 Å². The minimum absolute atomic E-state index is 0.0610. The predicted molar refractivity (Wildman–Crippen MR) is 110 cm³/mol. The van der Waals surface area contributed by atoms with E-state index >= 15 is 0 Å². The molecule has 0 spiro atoms. The maximum atomic E-state index is 12.6. The molecule has 1 aliphatic heterocycles. The lowest BCUT2D eigenvalue weighted by atomic mass is 9.96. The zero-order valence-corrected chi connectivity index (χ0v) is 16.4. The predicted octanol–water partition coefficient (Wildman–Crippen LogP) is 2.22. The Morgan fingerprint density at radius 3 is 2.61 bits per heavy atom. The average Bonchev–Trinajstić information content (AvgIpc) is 3.40. The third kappa shape index (κ3) is 3.72. The number of nitrogens with one attached hydrogen (secondary N) is 1. The Kier molecular flexibility index (Phi) is 5.03. The summed E-state index contributed by atoms with van der Waals surface area (Å²) in [6, 6.07) is 11.8. The largest absolute Gasteiger partial charge is 0.370 e. The van der Waals surface area contributed by atoms with Crippen LogP contribution in [0.3, 0.4) is 0 Å². The molecule has 28 heavy (non-hydrogen) atoms. The van der Waals surface area contributed by atoms with Crippen LogP contribution < -0.4 is 15.8 Å². The molecule has 1 aliphatic carbocycles. The molecule has 1 atom stereocenters. The van der Waals surface area contributed by atoms with E-state index in [0.29, 0.717) is 12.5 Å². The van der Waals surface area contributed by atoms with Crippen LogP contribution in [-0.4, -0.2) is 35.3 Å². The Morgan fingerprint density at radius 1 is 1.21 bits per heavy atom. The van der Waals surface area contributed by atoms with Crippen molar-refractivity contribution in [3.8, 4) is 0 Å². The van der Waals surface area contributed by atoms with Crippen LogP contribution in [0.4, 0.5) is 5.69 Å². The summed E-state index contributed by atoms with van der Waals surface area (Å²) < 4.78 is 1.34. The van der Waals surface area contributed by atoms with E-state index in [1.807, 2.05) is 25.1 Å². The van der Waals surface area contributed by atoms with Crippen molar-refractivity contribution in [2.24, 2.45) is 18.9 Å². The minimum atomic E-state index is -0.0894. The second-order valence-electron chi connectivity index (χ2n) is 7.75. The SMILES string of the molecule is CC1=C(c2ccccc2)[C@@H]1C(=O)NCC1CCN(c2cnn(C)c(=O)c2)CC1. The van der Waals surface area contributed by atoms with Gasteiger partial charge in [0, 0.05) is 32.7 Å². The molecule has 1 saturated heterocycles. The number of benzene rings is 1.